The first-order valence-electron chi connectivity index (χ1n) is 9.37. The molecule has 150 valence electrons. The molecule has 29 heavy (non-hydrogen) atoms. The van der Waals surface area contributed by atoms with Crippen molar-refractivity contribution in [3.8, 4) is 11.4 Å². The summed E-state index contributed by atoms with van der Waals surface area (Å²) in [4.78, 5) is 18.2. The highest BCUT2D eigenvalue weighted by atomic mass is 19.1. The van der Waals surface area contributed by atoms with Crippen LogP contribution in [0.2, 0.25) is 0 Å². The van der Waals surface area contributed by atoms with E-state index in [1.807, 2.05) is 13.0 Å². The summed E-state index contributed by atoms with van der Waals surface area (Å²) in [6, 6.07) is 4.28. The standard InChI is InChI=1S/C20H19FN4O4/c1-11-13-8-17(24-4-5-29-10-20(24)2-3-20)22-9-15(13)25(23-11)12-6-14(19(27)28)18(21)16(26)7-12/h6-9,26H,2-5,10H2,1H3,(H,27,28). The molecule has 0 bridgehead atoms. The molecular weight excluding hydrogens is 379 g/mol. The molecule has 0 radical (unpaired) electrons. The van der Waals surface area contributed by atoms with E-state index in [0.29, 0.717) is 18.7 Å². The summed E-state index contributed by atoms with van der Waals surface area (Å²) >= 11 is 0. The third-order valence-corrected chi connectivity index (χ3v) is 5.76. The highest BCUT2D eigenvalue weighted by Gasteiger charge is 2.50. The Kier molecular flexibility index (Phi) is 3.79. The molecule has 0 atom stereocenters. The average molecular weight is 398 g/mol. The maximum atomic E-state index is 13.9. The van der Waals surface area contributed by atoms with Gasteiger partial charge in [-0.15, -0.1) is 0 Å². The Morgan fingerprint density at radius 1 is 1.31 bits per heavy atom. The number of nitrogens with zero attached hydrogens (tertiary/aromatic N) is 4. The molecule has 1 aliphatic carbocycles. The van der Waals surface area contributed by atoms with Crippen LogP contribution in [0.15, 0.2) is 24.4 Å². The topological polar surface area (TPSA) is 101 Å². The molecule has 1 saturated heterocycles. The monoisotopic (exact) mass is 398 g/mol. The van der Waals surface area contributed by atoms with Gasteiger partial charge in [-0.25, -0.2) is 18.9 Å². The van der Waals surface area contributed by atoms with E-state index in [0.717, 1.165) is 48.4 Å². The molecule has 1 spiro atoms. The fourth-order valence-electron chi connectivity index (χ4n) is 4.02. The molecule has 0 amide bonds. The summed E-state index contributed by atoms with van der Waals surface area (Å²) in [6.45, 7) is 3.99. The fraction of sp³-hybridized carbons (Fsp3) is 0.350. The number of pyridine rings is 1. The minimum Gasteiger partial charge on any atom is -0.505 e. The minimum absolute atomic E-state index is 0.0436. The predicted molar refractivity (Wildman–Crippen MR) is 102 cm³/mol. The van der Waals surface area contributed by atoms with Crippen molar-refractivity contribution in [3.05, 3.63) is 41.5 Å². The molecule has 3 aromatic rings. The zero-order valence-electron chi connectivity index (χ0n) is 15.7. The number of aryl methyl sites for hydroxylation is 1. The summed E-state index contributed by atoms with van der Waals surface area (Å²) in [5.74, 6) is -2.52. The smallest absolute Gasteiger partial charge is 0.338 e. The molecule has 2 N–H and O–H groups in total. The molecular formula is C20H19FN4O4. The Balaban J connectivity index is 1.62. The Morgan fingerprint density at radius 2 is 2.10 bits per heavy atom. The highest BCUT2D eigenvalue weighted by Crippen LogP contribution is 2.45. The number of carboxylic acids is 1. The van der Waals surface area contributed by atoms with Crippen LogP contribution in [0.25, 0.3) is 16.6 Å². The van der Waals surface area contributed by atoms with Gasteiger partial charge >= 0.3 is 5.97 Å². The number of aromatic nitrogens is 3. The summed E-state index contributed by atoms with van der Waals surface area (Å²) in [5.41, 5.74) is 1.05. The van der Waals surface area contributed by atoms with Gasteiger partial charge < -0.3 is 19.8 Å². The number of ether oxygens (including phenoxy) is 1. The van der Waals surface area contributed by atoms with Gasteiger partial charge in [-0.1, -0.05) is 0 Å². The van der Waals surface area contributed by atoms with Crippen molar-refractivity contribution < 1.29 is 24.1 Å². The van der Waals surface area contributed by atoms with Crippen molar-refractivity contribution in [1.82, 2.24) is 14.8 Å². The second-order valence-corrected chi connectivity index (χ2v) is 7.62. The van der Waals surface area contributed by atoms with Crippen molar-refractivity contribution >= 4 is 22.7 Å². The molecule has 2 fully saturated rings. The van der Waals surface area contributed by atoms with Gasteiger partial charge in [-0.3, -0.25) is 0 Å². The number of halogens is 1. The van der Waals surface area contributed by atoms with Crippen LogP contribution in [0.5, 0.6) is 5.75 Å². The third kappa shape index (κ3) is 2.72. The zero-order valence-corrected chi connectivity index (χ0v) is 15.7. The van der Waals surface area contributed by atoms with Crippen molar-refractivity contribution in [3.63, 3.8) is 0 Å². The van der Waals surface area contributed by atoms with Crippen LogP contribution in [0, 0.1) is 12.7 Å². The quantitative estimate of drug-likeness (QED) is 0.699. The number of hydrogen-bond donors (Lipinski definition) is 2. The van der Waals surface area contributed by atoms with E-state index in [-0.39, 0.29) is 11.2 Å². The molecule has 2 aliphatic rings. The maximum Gasteiger partial charge on any atom is 0.338 e. The minimum atomic E-state index is -1.46. The molecule has 8 nitrogen and oxygen atoms in total. The van der Waals surface area contributed by atoms with E-state index in [2.05, 4.69) is 15.0 Å². The van der Waals surface area contributed by atoms with Crippen molar-refractivity contribution in [2.45, 2.75) is 25.3 Å². The molecule has 0 unspecified atom stereocenters. The first-order chi connectivity index (χ1) is 13.9. The number of phenolic OH excluding ortho intramolecular Hbond substituents is 1. The summed E-state index contributed by atoms with van der Waals surface area (Å²) < 4.78 is 21.0. The Hall–Kier alpha value is -3.20. The van der Waals surface area contributed by atoms with Gasteiger partial charge in [0.25, 0.3) is 0 Å². The second kappa shape index (κ2) is 6.15. The van der Waals surface area contributed by atoms with Gasteiger partial charge in [0.05, 0.1) is 41.8 Å². The molecule has 1 aromatic carbocycles. The van der Waals surface area contributed by atoms with E-state index in [1.54, 1.807) is 6.20 Å². The van der Waals surface area contributed by atoms with E-state index in [1.165, 1.54) is 4.68 Å². The largest absolute Gasteiger partial charge is 0.505 e. The van der Waals surface area contributed by atoms with Crippen molar-refractivity contribution in [2.75, 3.05) is 24.7 Å². The van der Waals surface area contributed by atoms with Crippen LogP contribution in [0.3, 0.4) is 0 Å². The Morgan fingerprint density at radius 3 is 2.83 bits per heavy atom. The Bertz CT molecular complexity index is 1160. The van der Waals surface area contributed by atoms with Gasteiger partial charge in [0, 0.05) is 18.0 Å². The number of fused-ring (bicyclic) bond motifs is 1. The van der Waals surface area contributed by atoms with Gasteiger partial charge in [-0.2, -0.15) is 5.10 Å². The summed E-state index contributed by atoms with van der Waals surface area (Å²) in [7, 11) is 0. The van der Waals surface area contributed by atoms with Crippen LogP contribution >= 0.6 is 0 Å². The number of benzene rings is 1. The third-order valence-electron chi connectivity index (χ3n) is 5.76. The van der Waals surface area contributed by atoms with Gasteiger partial charge in [0.15, 0.2) is 11.6 Å². The fourth-order valence-corrected chi connectivity index (χ4v) is 4.02. The van der Waals surface area contributed by atoms with Crippen LogP contribution < -0.4 is 4.90 Å². The molecule has 1 aliphatic heterocycles. The maximum absolute atomic E-state index is 13.9. The number of hydrogen-bond acceptors (Lipinski definition) is 6. The van der Waals surface area contributed by atoms with E-state index in [4.69, 9.17) is 4.74 Å². The second-order valence-electron chi connectivity index (χ2n) is 7.62. The SMILES string of the molecule is Cc1nn(-c2cc(O)c(F)c(C(=O)O)c2)c2cnc(N3CCOCC34CC4)cc12. The first kappa shape index (κ1) is 17.9. The highest BCUT2D eigenvalue weighted by molar-refractivity contribution is 5.90. The molecule has 9 heteroatoms. The molecule has 1 saturated carbocycles. The van der Waals surface area contributed by atoms with Crippen LogP contribution in [-0.4, -0.2) is 56.2 Å². The van der Waals surface area contributed by atoms with Crippen LogP contribution in [0.1, 0.15) is 28.9 Å². The molecule has 5 rings (SSSR count). The van der Waals surface area contributed by atoms with Crippen LogP contribution in [-0.2, 0) is 4.74 Å². The number of aromatic hydroxyl groups is 1. The number of morpholine rings is 1. The van der Waals surface area contributed by atoms with Crippen molar-refractivity contribution in [1.29, 1.82) is 0 Å². The number of aromatic carboxylic acids is 1. The number of carbonyl (C=O) groups is 1. The van der Waals surface area contributed by atoms with E-state index >= 15 is 0 Å². The number of carboxylic acid groups (broad SMARTS) is 1. The lowest BCUT2D eigenvalue weighted by Crippen LogP contribution is -2.48. The Labute approximate surface area is 165 Å². The molecule has 2 aromatic heterocycles. The van der Waals surface area contributed by atoms with Gasteiger partial charge in [0.2, 0.25) is 0 Å². The normalized spacial score (nSPS) is 17.8. The van der Waals surface area contributed by atoms with E-state index in [9.17, 15) is 19.4 Å². The van der Waals surface area contributed by atoms with E-state index < -0.39 is 23.1 Å². The summed E-state index contributed by atoms with van der Waals surface area (Å²) in [6.07, 6.45) is 3.84. The van der Waals surface area contributed by atoms with Crippen molar-refractivity contribution in [2.24, 2.45) is 0 Å². The number of phenols is 1. The first-order valence-corrected chi connectivity index (χ1v) is 9.37. The number of rotatable bonds is 3. The lowest BCUT2D eigenvalue weighted by atomic mass is 10.1. The lowest BCUT2D eigenvalue weighted by molar-refractivity contribution is 0.0691. The number of anilines is 1. The lowest BCUT2D eigenvalue weighted by Gasteiger charge is -2.37. The van der Waals surface area contributed by atoms with Crippen LogP contribution in [0.4, 0.5) is 10.2 Å². The average Bonchev–Trinajstić information content (AvgIpc) is 3.39. The molecule has 3 heterocycles. The predicted octanol–water partition coefficient (Wildman–Crippen LogP) is 2.64. The van der Waals surface area contributed by atoms with Gasteiger partial charge in [0.1, 0.15) is 11.4 Å². The van der Waals surface area contributed by atoms with Gasteiger partial charge in [-0.05, 0) is 31.9 Å². The summed E-state index contributed by atoms with van der Waals surface area (Å²) in [5, 5.41) is 24.4. The zero-order chi connectivity index (χ0) is 20.3.